The molecule has 96 valence electrons. The lowest BCUT2D eigenvalue weighted by atomic mass is 10.1. The van der Waals surface area contributed by atoms with E-state index in [1.165, 1.54) is 6.33 Å². The topological polar surface area (TPSA) is 37.8 Å². The number of hydrogen-bond donors (Lipinski definition) is 1. The van der Waals surface area contributed by atoms with Crippen molar-refractivity contribution < 1.29 is 4.39 Å². The fourth-order valence-electron chi connectivity index (χ4n) is 1.68. The van der Waals surface area contributed by atoms with Crippen molar-refractivity contribution in [3.8, 4) is 0 Å². The van der Waals surface area contributed by atoms with Crippen LogP contribution in [0.5, 0.6) is 0 Å². The van der Waals surface area contributed by atoms with Gasteiger partial charge >= 0.3 is 0 Å². The first kappa shape index (κ1) is 14.2. The Morgan fingerprint density at radius 1 is 1.41 bits per heavy atom. The van der Waals surface area contributed by atoms with Gasteiger partial charge in [-0.2, -0.15) is 0 Å². The number of nitrogens with one attached hydrogen (secondary N) is 1. The monoisotopic (exact) mass is 259 g/mol. The summed E-state index contributed by atoms with van der Waals surface area (Å²) in [5, 5.41) is 3.04. The fourth-order valence-corrected chi connectivity index (χ4v) is 1.88. The van der Waals surface area contributed by atoms with Gasteiger partial charge in [-0.15, -0.1) is 11.6 Å². The van der Waals surface area contributed by atoms with E-state index >= 15 is 0 Å². The van der Waals surface area contributed by atoms with Crippen LogP contribution in [0.3, 0.4) is 0 Å². The van der Waals surface area contributed by atoms with Crippen LogP contribution in [0, 0.1) is 11.7 Å². The molecule has 0 saturated heterocycles. The fraction of sp³-hybridized carbons (Fsp3) is 0.667. The highest BCUT2D eigenvalue weighted by atomic mass is 35.5. The molecule has 0 aliphatic carbocycles. The molecule has 0 saturated carbocycles. The van der Waals surface area contributed by atoms with Crippen LogP contribution < -0.4 is 5.32 Å². The number of rotatable bonds is 6. The van der Waals surface area contributed by atoms with E-state index in [1.807, 2.05) is 6.92 Å². The molecule has 0 amide bonds. The zero-order chi connectivity index (χ0) is 12.8. The third-order valence-corrected chi connectivity index (χ3v) is 2.85. The van der Waals surface area contributed by atoms with Gasteiger partial charge < -0.3 is 5.32 Å². The third kappa shape index (κ3) is 4.11. The molecular formula is C12H19ClFN3. The van der Waals surface area contributed by atoms with Crippen molar-refractivity contribution in [3.05, 3.63) is 17.8 Å². The summed E-state index contributed by atoms with van der Waals surface area (Å²) in [4.78, 5) is 7.82. The lowest BCUT2D eigenvalue weighted by Crippen LogP contribution is -2.25. The highest BCUT2D eigenvalue weighted by Gasteiger charge is 2.15. The first-order chi connectivity index (χ1) is 8.08. The van der Waals surface area contributed by atoms with Gasteiger partial charge in [-0.3, -0.25) is 0 Å². The van der Waals surface area contributed by atoms with E-state index in [0.29, 0.717) is 23.9 Å². The van der Waals surface area contributed by atoms with Gasteiger partial charge in [0.05, 0.1) is 5.69 Å². The Kier molecular flexibility index (Phi) is 5.62. The van der Waals surface area contributed by atoms with Gasteiger partial charge in [0.25, 0.3) is 0 Å². The first-order valence-corrected chi connectivity index (χ1v) is 6.43. The molecule has 1 aromatic heterocycles. The van der Waals surface area contributed by atoms with Crippen LogP contribution >= 0.6 is 11.6 Å². The number of hydrogen-bond acceptors (Lipinski definition) is 3. The number of anilines is 1. The molecule has 1 rings (SSSR count). The van der Waals surface area contributed by atoms with Crippen LogP contribution in [0.4, 0.5) is 10.2 Å². The molecule has 1 atom stereocenters. The van der Waals surface area contributed by atoms with Gasteiger partial charge in [-0.25, -0.2) is 14.4 Å². The molecule has 0 aromatic carbocycles. The van der Waals surface area contributed by atoms with E-state index in [0.717, 1.165) is 6.42 Å². The molecule has 0 aliphatic heterocycles. The zero-order valence-corrected chi connectivity index (χ0v) is 11.3. The molecule has 1 N–H and O–H groups in total. The van der Waals surface area contributed by atoms with E-state index in [2.05, 4.69) is 29.1 Å². The first-order valence-electron chi connectivity index (χ1n) is 5.90. The summed E-state index contributed by atoms with van der Waals surface area (Å²) in [7, 11) is 0. The van der Waals surface area contributed by atoms with Crippen molar-refractivity contribution in [1.29, 1.82) is 0 Å². The maximum Gasteiger partial charge on any atom is 0.186 e. The van der Waals surface area contributed by atoms with Crippen molar-refractivity contribution in [1.82, 2.24) is 9.97 Å². The summed E-state index contributed by atoms with van der Waals surface area (Å²) in [6.45, 7) is 6.08. The zero-order valence-electron chi connectivity index (χ0n) is 10.5. The molecule has 5 heteroatoms. The second-order valence-corrected chi connectivity index (χ2v) is 4.77. The van der Waals surface area contributed by atoms with Crippen LogP contribution in [0.2, 0.25) is 0 Å². The van der Waals surface area contributed by atoms with Crippen LogP contribution in [-0.2, 0) is 6.42 Å². The van der Waals surface area contributed by atoms with Crippen molar-refractivity contribution in [2.75, 3.05) is 11.2 Å². The maximum absolute atomic E-state index is 13.9. The second-order valence-electron chi connectivity index (χ2n) is 4.46. The summed E-state index contributed by atoms with van der Waals surface area (Å²) < 4.78 is 13.9. The summed E-state index contributed by atoms with van der Waals surface area (Å²) in [6.07, 6.45) is 2.82. The van der Waals surface area contributed by atoms with E-state index in [4.69, 9.17) is 11.6 Å². The van der Waals surface area contributed by atoms with Crippen molar-refractivity contribution in [3.63, 3.8) is 0 Å². The van der Waals surface area contributed by atoms with E-state index < -0.39 is 0 Å². The van der Waals surface area contributed by atoms with Crippen molar-refractivity contribution in [2.24, 2.45) is 5.92 Å². The molecule has 17 heavy (non-hydrogen) atoms. The van der Waals surface area contributed by atoms with Crippen molar-refractivity contribution >= 4 is 17.4 Å². The molecule has 0 radical (unpaired) electrons. The third-order valence-electron chi connectivity index (χ3n) is 2.48. The lowest BCUT2D eigenvalue weighted by Gasteiger charge is -2.19. The number of halogens is 2. The molecule has 1 aromatic rings. The second kappa shape index (κ2) is 6.74. The Hall–Kier alpha value is -0.900. The van der Waals surface area contributed by atoms with E-state index in [1.54, 1.807) is 0 Å². The molecule has 0 fully saturated rings. The highest BCUT2D eigenvalue weighted by molar-refractivity contribution is 6.18. The quantitative estimate of drug-likeness (QED) is 0.797. The molecule has 0 aliphatic rings. The lowest BCUT2D eigenvalue weighted by molar-refractivity contribution is 0.534. The SMILES string of the molecule is CCc1ncnc(NC(CCl)CC(C)C)c1F. The van der Waals surface area contributed by atoms with Gasteiger partial charge in [0.2, 0.25) is 0 Å². The molecule has 0 spiro atoms. The average molecular weight is 260 g/mol. The highest BCUT2D eigenvalue weighted by Crippen LogP contribution is 2.17. The smallest absolute Gasteiger partial charge is 0.186 e. The van der Waals surface area contributed by atoms with Crippen LogP contribution in [0.15, 0.2) is 6.33 Å². The Balaban J connectivity index is 2.79. The maximum atomic E-state index is 13.9. The normalized spacial score (nSPS) is 12.8. The molecular weight excluding hydrogens is 241 g/mol. The minimum atomic E-state index is -0.367. The predicted molar refractivity (Wildman–Crippen MR) is 69.0 cm³/mol. The van der Waals surface area contributed by atoms with Gasteiger partial charge in [0, 0.05) is 11.9 Å². The van der Waals surface area contributed by atoms with Gasteiger partial charge in [0.1, 0.15) is 6.33 Å². The number of aryl methyl sites for hydroxylation is 1. The Bertz CT molecular complexity index is 358. The van der Waals surface area contributed by atoms with Gasteiger partial charge in [-0.1, -0.05) is 20.8 Å². The number of aromatic nitrogens is 2. The van der Waals surface area contributed by atoms with E-state index in [-0.39, 0.29) is 17.7 Å². The van der Waals surface area contributed by atoms with E-state index in [9.17, 15) is 4.39 Å². The Morgan fingerprint density at radius 3 is 2.65 bits per heavy atom. The Morgan fingerprint density at radius 2 is 2.12 bits per heavy atom. The predicted octanol–water partition coefficient (Wildman–Crippen LogP) is 3.24. The summed E-state index contributed by atoms with van der Waals surface area (Å²) in [5.41, 5.74) is 0.431. The summed E-state index contributed by atoms with van der Waals surface area (Å²) >= 11 is 5.86. The molecule has 1 unspecified atom stereocenters. The molecule has 0 bridgehead atoms. The largest absolute Gasteiger partial charge is 0.364 e. The number of alkyl halides is 1. The summed E-state index contributed by atoms with van der Waals surface area (Å²) in [6, 6.07) is 0.0331. The van der Waals surface area contributed by atoms with Crippen LogP contribution in [0.25, 0.3) is 0 Å². The summed E-state index contributed by atoms with van der Waals surface area (Å²) in [5.74, 6) is 0.821. The molecule has 3 nitrogen and oxygen atoms in total. The van der Waals surface area contributed by atoms with Crippen LogP contribution in [0.1, 0.15) is 32.9 Å². The molecule has 1 heterocycles. The number of nitrogens with zero attached hydrogens (tertiary/aromatic N) is 2. The minimum Gasteiger partial charge on any atom is -0.364 e. The standard InChI is InChI=1S/C12H19ClFN3/c1-4-10-11(14)12(16-7-15-10)17-9(6-13)5-8(2)3/h7-9H,4-6H2,1-3H3,(H,15,16,17). The van der Waals surface area contributed by atoms with Gasteiger partial charge in [0.15, 0.2) is 11.6 Å². The average Bonchev–Trinajstić information content (AvgIpc) is 2.30. The minimum absolute atomic E-state index is 0.0331. The Labute approximate surface area is 107 Å². The van der Waals surface area contributed by atoms with Crippen LogP contribution in [-0.4, -0.2) is 21.9 Å². The van der Waals surface area contributed by atoms with Gasteiger partial charge in [-0.05, 0) is 18.8 Å². The van der Waals surface area contributed by atoms with Crippen molar-refractivity contribution in [2.45, 2.75) is 39.7 Å².